The van der Waals surface area contributed by atoms with Gasteiger partial charge in [0.2, 0.25) is 0 Å². The summed E-state index contributed by atoms with van der Waals surface area (Å²) in [6.07, 6.45) is -0.881. The lowest BCUT2D eigenvalue weighted by Gasteiger charge is -2.21. The van der Waals surface area contributed by atoms with E-state index >= 15 is 0 Å². The van der Waals surface area contributed by atoms with Crippen LogP contribution in [-0.2, 0) is 25.5 Å². The fourth-order valence-electron chi connectivity index (χ4n) is 3.33. The second-order valence-corrected chi connectivity index (χ2v) is 6.77. The lowest BCUT2D eigenvalue weighted by Crippen LogP contribution is -2.45. The van der Waals surface area contributed by atoms with Crippen LogP contribution >= 0.6 is 0 Å². The van der Waals surface area contributed by atoms with Crippen LogP contribution in [0, 0.1) is 0 Å². The van der Waals surface area contributed by atoms with Gasteiger partial charge in [0, 0.05) is 31.0 Å². The number of carbonyl (C=O) groups is 2. The third kappa shape index (κ3) is 5.10. The summed E-state index contributed by atoms with van der Waals surface area (Å²) >= 11 is 0. The Hall–Kier alpha value is -3.65. The smallest absolute Gasteiger partial charge is 0.336 e. The van der Waals surface area contributed by atoms with Gasteiger partial charge in [-0.05, 0) is 23.3 Å². The van der Waals surface area contributed by atoms with Crippen molar-refractivity contribution in [2.24, 2.45) is 0 Å². The Bertz CT molecular complexity index is 1120. The zero-order valence-electron chi connectivity index (χ0n) is 17.4. The molecule has 1 N–H and O–H groups in total. The van der Waals surface area contributed by atoms with Gasteiger partial charge in [0.1, 0.15) is 17.4 Å². The minimum Gasteiger partial charge on any atom is -0.497 e. The van der Waals surface area contributed by atoms with E-state index in [0.717, 1.165) is 0 Å². The zero-order chi connectivity index (χ0) is 22.4. The van der Waals surface area contributed by atoms with Gasteiger partial charge in [0.25, 0.3) is 5.91 Å². The molecule has 31 heavy (non-hydrogen) atoms. The highest BCUT2D eigenvalue weighted by atomic mass is 16.5. The van der Waals surface area contributed by atoms with Crippen LogP contribution in [0.1, 0.15) is 17.2 Å². The molecule has 1 heterocycles. The molecule has 3 aromatic rings. The Labute approximate surface area is 178 Å². The number of methoxy groups -OCH3 is 3. The van der Waals surface area contributed by atoms with Crippen molar-refractivity contribution in [3.8, 4) is 5.75 Å². The standard InChI is InChI=1S/C23H23NO7/c1-28-16-9-10-17-15(12-20(25)31-19(17)13-16)11-18(23(27)30-3)24-22(26)21(29-2)14-7-5-4-6-8-14/h4-10,12-13,18,21H,11H2,1-3H3,(H,24,26)/t18-,21+/m0/s1. The summed E-state index contributed by atoms with van der Waals surface area (Å²) in [7, 11) is 4.15. The third-order valence-corrected chi connectivity index (χ3v) is 4.84. The maximum absolute atomic E-state index is 12.9. The molecular weight excluding hydrogens is 402 g/mol. The highest BCUT2D eigenvalue weighted by molar-refractivity contribution is 5.89. The van der Waals surface area contributed by atoms with E-state index < -0.39 is 29.6 Å². The molecule has 162 valence electrons. The van der Waals surface area contributed by atoms with E-state index in [2.05, 4.69) is 5.32 Å². The summed E-state index contributed by atoms with van der Waals surface area (Å²) in [5.41, 5.74) is 0.905. The second kappa shape index (κ2) is 9.90. The first-order valence-corrected chi connectivity index (χ1v) is 9.53. The van der Waals surface area contributed by atoms with Crippen molar-refractivity contribution in [3.63, 3.8) is 0 Å². The minimum absolute atomic E-state index is 0.0259. The number of ether oxygens (including phenoxy) is 3. The molecule has 2 aromatic carbocycles. The number of esters is 1. The topological polar surface area (TPSA) is 104 Å². The van der Waals surface area contributed by atoms with Gasteiger partial charge < -0.3 is 23.9 Å². The second-order valence-electron chi connectivity index (χ2n) is 6.77. The molecule has 1 aromatic heterocycles. The van der Waals surface area contributed by atoms with Crippen LogP contribution in [0.3, 0.4) is 0 Å². The molecule has 0 bridgehead atoms. The van der Waals surface area contributed by atoms with Crippen LogP contribution in [0.25, 0.3) is 11.0 Å². The Balaban J connectivity index is 1.91. The van der Waals surface area contributed by atoms with E-state index in [1.54, 1.807) is 42.5 Å². The quantitative estimate of drug-likeness (QED) is 0.436. The molecule has 0 aliphatic carbocycles. The molecule has 0 aliphatic rings. The number of amides is 1. The molecule has 8 nitrogen and oxygen atoms in total. The van der Waals surface area contributed by atoms with Crippen LogP contribution in [0.5, 0.6) is 5.75 Å². The number of benzene rings is 2. The molecule has 0 aliphatic heterocycles. The molecule has 3 rings (SSSR count). The van der Waals surface area contributed by atoms with E-state index in [9.17, 15) is 14.4 Å². The maximum atomic E-state index is 12.9. The summed E-state index contributed by atoms with van der Waals surface area (Å²) in [5, 5.41) is 3.30. The van der Waals surface area contributed by atoms with Crippen LogP contribution in [0.15, 0.2) is 63.8 Å². The number of nitrogens with one attached hydrogen (secondary N) is 1. The molecule has 0 spiro atoms. The van der Waals surface area contributed by atoms with Crippen molar-refractivity contribution in [2.45, 2.75) is 18.6 Å². The lowest BCUT2D eigenvalue weighted by atomic mass is 10.0. The van der Waals surface area contributed by atoms with E-state index in [4.69, 9.17) is 18.6 Å². The van der Waals surface area contributed by atoms with E-state index in [-0.39, 0.29) is 6.42 Å². The average Bonchev–Trinajstić information content (AvgIpc) is 2.78. The summed E-state index contributed by atoms with van der Waals surface area (Å²) in [6, 6.07) is 14.2. The van der Waals surface area contributed by atoms with Crippen molar-refractivity contribution in [1.82, 2.24) is 5.32 Å². The molecule has 0 saturated carbocycles. The van der Waals surface area contributed by atoms with E-state index in [0.29, 0.717) is 27.8 Å². The van der Waals surface area contributed by atoms with E-state index in [1.807, 2.05) is 6.07 Å². The van der Waals surface area contributed by atoms with Gasteiger partial charge in [0.15, 0.2) is 6.10 Å². The van der Waals surface area contributed by atoms with Gasteiger partial charge in [-0.25, -0.2) is 9.59 Å². The Morgan fingerprint density at radius 1 is 1.03 bits per heavy atom. The van der Waals surface area contributed by atoms with Gasteiger partial charge in [0.05, 0.1) is 14.2 Å². The average molecular weight is 425 g/mol. The van der Waals surface area contributed by atoms with Crippen molar-refractivity contribution >= 4 is 22.8 Å². The maximum Gasteiger partial charge on any atom is 0.336 e. The number of hydrogen-bond donors (Lipinski definition) is 1. The molecule has 8 heteroatoms. The Morgan fingerprint density at radius 2 is 1.77 bits per heavy atom. The monoisotopic (exact) mass is 425 g/mol. The predicted octanol–water partition coefficient (Wildman–Crippen LogP) is 2.39. The van der Waals surface area contributed by atoms with Gasteiger partial charge in [-0.3, -0.25) is 4.79 Å². The third-order valence-electron chi connectivity index (χ3n) is 4.84. The van der Waals surface area contributed by atoms with Gasteiger partial charge in [-0.2, -0.15) is 0 Å². The SMILES string of the molecule is COC(=O)[C@H](Cc1cc(=O)oc2cc(OC)ccc12)NC(=O)[C@H](OC)c1ccccc1. The molecule has 0 radical (unpaired) electrons. The first-order valence-electron chi connectivity index (χ1n) is 9.53. The van der Waals surface area contributed by atoms with Gasteiger partial charge in [-0.1, -0.05) is 30.3 Å². The zero-order valence-corrected chi connectivity index (χ0v) is 17.4. The summed E-state index contributed by atoms with van der Waals surface area (Å²) < 4.78 is 20.6. The molecule has 0 unspecified atom stereocenters. The van der Waals surface area contributed by atoms with Crippen molar-refractivity contribution < 1.29 is 28.2 Å². The Morgan fingerprint density at radius 3 is 2.42 bits per heavy atom. The molecule has 2 atom stereocenters. The molecular formula is C23H23NO7. The highest BCUT2D eigenvalue weighted by Gasteiger charge is 2.28. The number of rotatable bonds is 8. The first-order chi connectivity index (χ1) is 15.0. The highest BCUT2D eigenvalue weighted by Crippen LogP contribution is 2.24. The number of hydrogen-bond acceptors (Lipinski definition) is 7. The summed E-state index contributed by atoms with van der Waals surface area (Å²) in [6.45, 7) is 0. The fourth-order valence-corrected chi connectivity index (χ4v) is 3.33. The van der Waals surface area contributed by atoms with Crippen LogP contribution in [-0.4, -0.2) is 39.2 Å². The normalized spacial score (nSPS) is 12.7. The summed E-state index contributed by atoms with van der Waals surface area (Å²) in [4.78, 5) is 37.3. The summed E-state index contributed by atoms with van der Waals surface area (Å²) in [5.74, 6) is -0.624. The fraction of sp³-hybridized carbons (Fsp3) is 0.261. The van der Waals surface area contributed by atoms with Gasteiger partial charge in [-0.15, -0.1) is 0 Å². The minimum atomic E-state index is -1.04. The van der Waals surface area contributed by atoms with Crippen LogP contribution in [0.2, 0.25) is 0 Å². The number of carbonyl (C=O) groups excluding carboxylic acids is 2. The number of fused-ring (bicyclic) bond motifs is 1. The molecule has 1 amide bonds. The predicted molar refractivity (Wildman–Crippen MR) is 113 cm³/mol. The largest absolute Gasteiger partial charge is 0.497 e. The lowest BCUT2D eigenvalue weighted by molar-refractivity contribution is -0.146. The van der Waals surface area contributed by atoms with Crippen LogP contribution in [0.4, 0.5) is 0 Å². The van der Waals surface area contributed by atoms with Crippen LogP contribution < -0.4 is 15.7 Å². The van der Waals surface area contributed by atoms with E-state index in [1.165, 1.54) is 27.4 Å². The van der Waals surface area contributed by atoms with Crippen molar-refractivity contribution in [3.05, 3.63) is 76.1 Å². The van der Waals surface area contributed by atoms with Crippen molar-refractivity contribution in [1.29, 1.82) is 0 Å². The van der Waals surface area contributed by atoms with Crippen molar-refractivity contribution in [2.75, 3.05) is 21.3 Å². The Kier molecular flexibility index (Phi) is 7.04. The molecule has 0 saturated heterocycles. The first kappa shape index (κ1) is 22.0. The molecule has 0 fully saturated rings. The van der Waals surface area contributed by atoms with Gasteiger partial charge >= 0.3 is 11.6 Å².